The number of carboxylic acid groups (broad SMARTS) is 1. The monoisotopic (exact) mass is 261 g/mol. The molecule has 2 aromatic heterocycles. The van der Waals surface area contributed by atoms with Gasteiger partial charge in [-0.2, -0.15) is 5.10 Å². The Kier molecular flexibility index (Phi) is 2.62. The molecule has 0 aliphatic heterocycles. The Bertz CT molecular complexity index is 632. The van der Waals surface area contributed by atoms with Gasteiger partial charge in [0.15, 0.2) is 5.65 Å². The number of carboxylic acids is 1. The Labute approximate surface area is 109 Å². The first-order chi connectivity index (χ1) is 9.12. The number of nitrogens with one attached hydrogen (secondary N) is 1. The van der Waals surface area contributed by atoms with Crippen LogP contribution in [0.2, 0.25) is 0 Å². The van der Waals surface area contributed by atoms with E-state index in [1.165, 1.54) is 6.33 Å². The van der Waals surface area contributed by atoms with Crippen LogP contribution in [0.5, 0.6) is 0 Å². The van der Waals surface area contributed by atoms with E-state index in [4.69, 9.17) is 0 Å². The molecule has 19 heavy (non-hydrogen) atoms. The summed E-state index contributed by atoms with van der Waals surface area (Å²) < 4.78 is 1.67. The molecule has 2 aromatic rings. The van der Waals surface area contributed by atoms with Gasteiger partial charge >= 0.3 is 5.97 Å². The zero-order valence-electron chi connectivity index (χ0n) is 10.6. The molecule has 2 heterocycles. The molecule has 1 saturated carbocycles. The normalized spacial score (nSPS) is 17.1. The molecule has 0 spiro atoms. The van der Waals surface area contributed by atoms with Crippen LogP contribution >= 0.6 is 0 Å². The van der Waals surface area contributed by atoms with Crippen molar-refractivity contribution in [2.45, 2.75) is 19.3 Å². The van der Waals surface area contributed by atoms with Crippen molar-refractivity contribution >= 4 is 22.8 Å². The Balaban J connectivity index is 1.84. The Morgan fingerprint density at radius 3 is 2.95 bits per heavy atom. The van der Waals surface area contributed by atoms with E-state index in [0.29, 0.717) is 12.4 Å². The lowest BCUT2D eigenvalue weighted by atomic mass is 9.69. The molecular formula is C12H15N5O2. The first kappa shape index (κ1) is 11.9. The minimum Gasteiger partial charge on any atom is -0.481 e. The minimum atomic E-state index is -0.734. The first-order valence-corrected chi connectivity index (χ1v) is 6.22. The molecule has 0 saturated heterocycles. The van der Waals surface area contributed by atoms with Crippen molar-refractivity contribution < 1.29 is 9.90 Å². The number of aryl methyl sites for hydroxylation is 1. The van der Waals surface area contributed by atoms with Crippen LogP contribution in [0.1, 0.15) is 19.3 Å². The van der Waals surface area contributed by atoms with Crippen molar-refractivity contribution in [1.29, 1.82) is 0 Å². The predicted molar refractivity (Wildman–Crippen MR) is 68.7 cm³/mol. The molecule has 7 nitrogen and oxygen atoms in total. The molecule has 100 valence electrons. The maximum absolute atomic E-state index is 11.3. The van der Waals surface area contributed by atoms with E-state index in [9.17, 15) is 9.90 Å². The van der Waals surface area contributed by atoms with E-state index >= 15 is 0 Å². The third-order valence-electron chi connectivity index (χ3n) is 3.89. The van der Waals surface area contributed by atoms with E-state index in [1.54, 1.807) is 10.9 Å². The first-order valence-electron chi connectivity index (χ1n) is 6.22. The topological polar surface area (TPSA) is 92.9 Å². The largest absolute Gasteiger partial charge is 0.481 e. The molecule has 0 atom stereocenters. The average molecular weight is 261 g/mol. The molecular weight excluding hydrogens is 246 g/mol. The van der Waals surface area contributed by atoms with Crippen molar-refractivity contribution in [3.8, 4) is 0 Å². The molecule has 0 unspecified atom stereocenters. The van der Waals surface area contributed by atoms with Gasteiger partial charge < -0.3 is 10.4 Å². The van der Waals surface area contributed by atoms with Gasteiger partial charge in [0, 0.05) is 13.6 Å². The van der Waals surface area contributed by atoms with Crippen LogP contribution in [0.15, 0.2) is 12.5 Å². The number of anilines is 1. The van der Waals surface area contributed by atoms with Crippen LogP contribution in [0, 0.1) is 5.41 Å². The number of hydrogen-bond acceptors (Lipinski definition) is 5. The third-order valence-corrected chi connectivity index (χ3v) is 3.89. The van der Waals surface area contributed by atoms with Gasteiger partial charge in [-0.25, -0.2) is 9.97 Å². The maximum Gasteiger partial charge on any atom is 0.311 e. The highest BCUT2D eigenvalue weighted by molar-refractivity contribution is 5.86. The zero-order valence-corrected chi connectivity index (χ0v) is 10.6. The molecule has 0 amide bonds. The van der Waals surface area contributed by atoms with Crippen molar-refractivity contribution in [3.05, 3.63) is 12.5 Å². The highest BCUT2D eigenvalue weighted by atomic mass is 16.4. The van der Waals surface area contributed by atoms with Gasteiger partial charge in [-0.05, 0) is 12.8 Å². The second kappa shape index (κ2) is 4.18. The van der Waals surface area contributed by atoms with Crippen LogP contribution < -0.4 is 5.32 Å². The van der Waals surface area contributed by atoms with Gasteiger partial charge in [0.05, 0.1) is 17.0 Å². The number of carbonyl (C=O) groups is 1. The van der Waals surface area contributed by atoms with Gasteiger partial charge in [-0.1, -0.05) is 6.42 Å². The summed E-state index contributed by atoms with van der Waals surface area (Å²) in [7, 11) is 1.81. The number of aromatic nitrogens is 4. The second-order valence-electron chi connectivity index (χ2n) is 5.02. The number of aliphatic carboxylic acids is 1. The van der Waals surface area contributed by atoms with Crippen LogP contribution in [0.25, 0.3) is 11.0 Å². The Hall–Kier alpha value is -2.18. The van der Waals surface area contributed by atoms with Gasteiger partial charge in [0.25, 0.3) is 0 Å². The Morgan fingerprint density at radius 1 is 1.53 bits per heavy atom. The smallest absolute Gasteiger partial charge is 0.311 e. The lowest BCUT2D eigenvalue weighted by molar-refractivity contribution is -0.153. The summed E-state index contributed by atoms with van der Waals surface area (Å²) in [5.74, 6) is -0.0895. The summed E-state index contributed by atoms with van der Waals surface area (Å²) in [6.07, 6.45) is 5.56. The van der Waals surface area contributed by atoms with Gasteiger partial charge in [-0.15, -0.1) is 0 Å². The molecule has 1 fully saturated rings. The highest BCUT2D eigenvalue weighted by Crippen LogP contribution is 2.41. The third kappa shape index (κ3) is 1.81. The number of hydrogen-bond donors (Lipinski definition) is 2. The summed E-state index contributed by atoms with van der Waals surface area (Å²) in [5, 5.41) is 17.4. The standard InChI is InChI=1S/C12H15N5O2/c1-17-10-8(5-16-17)9(14-7-15-10)13-6-12(11(18)19)3-2-4-12/h5,7H,2-4,6H2,1H3,(H,18,19)(H,13,14,15). The molecule has 3 rings (SSSR count). The summed E-state index contributed by atoms with van der Waals surface area (Å²) in [6.45, 7) is 0.392. The maximum atomic E-state index is 11.3. The summed E-state index contributed by atoms with van der Waals surface area (Å²) in [4.78, 5) is 19.6. The predicted octanol–water partition coefficient (Wildman–Crippen LogP) is 1.03. The van der Waals surface area contributed by atoms with E-state index in [-0.39, 0.29) is 0 Å². The van der Waals surface area contributed by atoms with E-state index in [2.05, 4.69) is 20.4 Å². The number of nitrogens with zero attached hydrogens (tertiary/aromatic N) is 4. The van der Waals surface area contributed by atoms with E-state index in [0.717, 1.165) is 30.3 Å². The summed E-state index contributed by atoms with van der Waals surface area (Å²) >= 11 is 0. The zero-order chi connectivity index (χ0) is 13.5. The lowest BCUT2D eigenvalue weighted by Gasteiger charge is -2.37. The van der Waals surface area contributed by atoms with Crippen LogP contribution in [-0.2, 0) is 11.8 Å². The lowest BCUT2D eigenvalue weighted by Crippen LogP contribution is -2.43. The van der Waals surface area contributed by atoms with Crippen molar-refractivity contribution in [2.24, 2.45) is 12.5 Å². The highest BCUT2D eigenvalue weighted by Gasteiger charge is 2.44. The number of rotatable bonds is 4. The molecule has 2 N–H and O–H groups in total. The van der Waals surface area contributed by atoms with Crippen LogP contribution in [0.3, 0.4) is 0 Å². The second-order valence-corrected chi connectivity index (χ2v) is 5.02. The molecule has 1 aliphatic rings. The number of fused-ring (bicyclic) bond motifs is 1. The fourth-order valence-corrected chi connectivity index (χ4v) is 2.43. The van der Waals surface area contributed by atoms with Gasteiger partial charge in [0.1, 0.15) is 12.1 Å². The fraction of sp³-hybridized carbons (Fsp3) is 0.500. The summed E-state index contributed by atoms with van der Waals surface area (Å²) in [6, 6.07) is 0. The van der Waals surface area contributed by atoms with Crippen LogP contribution in [0.4, 0.5) is 5.82 Å². The fourth-order valence-electron chi connectivity index (χ4n) is 2.43. The van der Waals surface area contributed by atoms with E-state index in [1.807, 2.05) is 7.05 Å². The van der Waals surface area contributed by atoms with Gasteiger partial charge in [-0.3, -0.25) is 9.48 Å². The molecule has 0 bridgehead atoms. The molecule has 0 radical (unpaired) electrons. The Morgan fingerprint density at radius 2 is 2.32 bits per heavy atom. The molecule has 7 heteroatoms. The molecule has 0 aromatic carbocycles. The molecule has 1 aliphatic carbocycles. The SMILES string of the molecule is Cn1ncc2c(NCC3(C(=O)O)CCC3)ncnc21. The van der Waals surface area contributed by atoms with Crippen molar-refractivity contribution in [3.63, 3.8) is 0 Å². The van der Waals surface area contributed by atoms with Gasteiger partial charge in [0.2, 0.25) is 0 Å². The van der Waals surface area contributed by atoms with E-state index < -0.39 is 11.4 Å². The minimum absolute atomic E-state index is 0.392. The van der Waals surface area contributed by atoms with Crippen molar-refractivity contribution in [2.75, 3.05) is 11.9 Å². The quantitative estimate of drug-likeness (QED) is 0.853. The summed E-state index contributed by atoms with van der Waals surface area (Å²) in [5.41, 5.74) is 0.0925. The van der Waals surface area contributed by atoms with Crippen molar-refractivity contribution in [1.82, 2.24) is 19.7 Å². The average Bonchev–Trinajstić information content (AvgIpc) is 2.70. The van der Waals surface area contributed by atoms with Crippen LogP contribution in [-0.4, -0.2) is 37.4 Å².